The molecule has 0 aromatic heterocycles. The van der Waals surface area contributed by atoms with Crippen molar-refractivity contribution in [3.63, 3.8) is 0 Å². The molecular formula is C34H36BrNO6. The molecule has 42 heavy (non-hydrogen) atoms. The van der Waals surface area contributed by atoms with Crippen LogP contribution in [0.2, 0.25) is 0 Å². The van der Waals surface area contributed by atoms with Gasteiger partial charge in [0.1, 0.15) is 21.7 Å². The summed E-state index contributed by atoms with van der Waals surface area (Å²) in [6, 6.07) is 22.3. The lowest BCUT2D eigenvalue weighted by Crippen LogP contribution is -2.40. The summed E-state index contributed by atoms with van der Waals surface area (Å²) in [4.78, 5) is 26.3. The van der Waals surface area contributed by atoms with E-state index in [1.807, 2.05) is 54.6 Å². The van der Waals surface area contributed by atoms with Crippen LogP contribution in [-0.2, 0) is 19.1 Å². The van der Waals surface area contributed by atoms with Crippen molar-refractivity contribution < 1.29 is 28.9 Å². The van der Waals surface area contributed by atoms with Crippen molar-refractivity contribution in [2.45, 2.75) is 58.5 Å². The Labute approximate surface area is 255 Å². The van der Waals surface area contributed by atoms with Crippen LogP contribution in [0.1, 0.15) is 51.6 Å². The van der Waals surface area contributed by atoms with Crippen LogP contribution in [0, 0.1) is 17.8 Å². The van der Waals surface area contributed by atoms with E-state index in [4.69, 9.17) is 14.2 Å². The number of hydrogen-bond acceptors (Lipinski definition) is 7. The van der Waals surface area contributed by atoms with E-state index in [1.54, 1.807) is 24.3 Å². The summed E-state index contributed by atoms with van der Waals surface area (Å²) >= 11 is 3.38. The first-order valence-corrected chi connectivity index (χ1v) is 15.2. The molecule has 0 saturated heterocycles. The second-order valence-electron chi connectivity index (χ2n) is 11.4. The van der Waals surface area contributed by atoms with Crippen molar-refractivity contribution in [2.75, 3.05) is 0 Å². The highest BCUT2D eigenvalue weighted by Gasteiger charge is 2.41. The van der Waals surface area contributed by atoms with Crippen LogP contribution >= 0.6 is 15.9 Å². The Hall–Kier alpha value is -3.62. The van der Waals surface area contributed by atoms with Gasteiger partial charge in [-0.3, -0.25) is 0 Å². The first-order valence-electron chi connectivity index (χ1n) is 14.4. The summed E-state index contributed by atoms with van der Waals surface area (Å²) in [5.41, 5.74) is 2.88. The van der Waals surface area contributed by atoms with Crippen molar-refractivity contribution in [2.24, 2.45) is 17.8 Å². The van der Waals surface area contributed by atoms with Crippen LogP contribution in [-0.4, -0.2) is 29.4 Å². The van der Waals surface area contributed by atoms with Gasteiger partial charge in [0, 0.05) is 0 Å². The quantitative estimate of drug-likeness (QED) is 0.189. The van der Waals surface area contributed by atoms with E-state index >= 15 is 0 Å². The van der Waals surface area contributed by atoms with E-state index in [2.05, 4.69) is 42.0 Å². The number of nitrogens with one attached hydrogen (secondary N) is 1. The van der Waals surface area contributed by atoms with E-state index in [0.29, 0.717) is 34.8 Å². The minimum atomic E-state index is -0.966. The number of esters is 2. The minimum absolute atomic E-state index is 0.0732. The van der Waals surface area contributed by atoms with Gasteiger partial charge in [0.25, 0.3) is 0 Å². The molecule has 1 saturated carbocycles. The molecule has 3 unspecified atom stereocenters. The molecule has 8 heteroatoms. The molecule has 1 fully saturated rings. The second kappa shape index (κ2) is 13.1. The van der Waals surface area contributed by atoms with E-state index in [0.717, 1.165) is 30.4 Å². The third-order valence-electron chi connectivity index (χ3n) is 8.07. The topological polar surface area (TPSA) is 94.1 Å². The molecular weight excluding hydrogens is 598 g/mol. The standard InChI is InChI=1S/C34H36BrNO6/c1-20(2)27-18-9-21(3)19-28(27)41-34-31(29(35)32(38)42-34)36-30(24-7-5-4-6-8-24)33(39)40-26-16-12-23(13-17-26)22-10-14-25(37)15-11-22/h4-8,10-17,20-21,27-28,30,34,36-37H,9,18-19H2,1-3H3/t21?,27?,28?,30-,34-/m0/s1. The predicted molar refractivity (Wildman–Crippen MR) is 164 cm³/mol. The van der Waals surface area contributed by atoms with Gasteiger partial charge >= 0.3 is 11.9 Å². The Morgan fingerprint density at radius 1 is 0.976 bits per heavy atom. The monoisotopic (exact) mass is 633 g/mol. The average molecular weight is 635 g/mol. The van der Waals surface area contributed by atoms with E-state index in [-0.39, 0.29) is 16.3 Å². The number of benzene rings is 3. The van der Waals surface area contributed by atoms with Crippen molar-refractivity contribution in [3.8, 4) is 22.6 Å². The van der Waals surface area contributed by atoms with Crippen LogP contribution in [0.3, 0.4) is 0 Å². The highest BCUT2D eigenvalue weighted by atomic mass is 79.9. The van der Waals surface area contributed by atoms with Gasteiger partial charge in [0.05, 0.1) is 6.10 Å². The fourth-order valence-electron chi connectivity index (χ4n) is 5.70. The lowest BCUT2D eigenvalue weighted by atomic mass is 9.75. The number of aromatic hydroxyl groups is 1. The van der Waals surface area contributed by atoms with Gasteiger partial charge in [0.15, 0.2) is 6.04 Å². The molecule has 7 nitrogen and oxygen atoms in total. The number of phenolic OH excluding ortho intramolecular Hbond substituents is 1. The number of carbonyl (C=O) groups is 2. The van der Waals surface area contributed by atoms with Gasteiger partial charge in [0.2, 0.25) is 6.29 Å². The largest absolute Gasteiger partial charge is 0.508 e. The molecule has 1 aliphatic heterocycles. The molecule has 0 amide bonds. The Morgan fingerprint density at radius 2 is 1.62 bits per heavy atom. The molecule has 5 rings (SSSR count). The molecule has 0 spiro atoms. The fourth-order valence-corrected chi connectivity index (χ4v) is 6.10. The summed E-state index contributed by atoms with van der Waals surface area (Å²) in [5, 5.41) is 12.8. The molecule has 1 aliphatic carbocycles. The molecule has 1 heterocycles. The zero-order valence-electron chi connectivity index (χ0n) is 24.0. The lowest BCUT2D eigenvalue weighted by Gasteiger charge is -2.38. The zero-order chi connectivity index (χ0) is 29.8. The normalized spacial score (nSPS) is 23.0. The Morgan fingerprint density at radius 3 is 2.26 bits per heavy atom. The molecule has 2 aliphatic rings. The maximum atomic E-state index is 13.6. The van der Waals surface area contributed by atoms with Crippen LogP contribution < -0.4 is 10.1 Å². The van der Waals surface area contributed by atoms with Gasteiger partial charge in [-0.15, -0.1) is 0 Å². The number of hydrogen-bond donors (Lipinski definition) is 2. The smallest absolute Gasteiger partial charge is 0.349 e. The maximum Gasteiger partial charge on any atom is 0.349 e. The number of cyclic esters (lactones) is 1. The van der Waals surface area contributed by atoms with Crippen LogP contribution in [0.15, 0.2) is 89.0 Å². The fraction of sp³-hybridized carbons (Fsp3) is 0.353. The van der Waals surface area contributed by atoms with Crippen LogP contribution in [0.25, 0.3) is 11.1 Å². The van der Waals surface area contributed by atoms with Crippen molar-refractivity contribution in [1.29, 1.82) is 0 Å². The highest BCUT2D eigenvalue weighted by molar-refractivity contribution is 9.12. The third kappa shape index (κ3) is 6.88. The molecule has 2 N–H and O–H groups in total. The van der Waals surface area contributed by atoms with E-state index in [9.17, 15) is 14.7 Å². The van der Waals surface area contributed by atoms with E-state index in [1.165, 1.54) is 0 Å². The van der Waals surface area contributed by atoms with Gasteiger partial charge < -0.3 is 24.6 Å². The summed E-state index contributed by atoms with van der Waals surface area (Å²) < 4.78 is 18.1. The van der Waals surface area contributed by atoms with Gasteiger partial charge in [-0.05, 0) is 87.5 Å². The lowest BCUT2D eigenvalue weighted by molar-refractivity contribution is -0.182. The number of carbonyl (C=O) groups excluding carboxylic acids is 2. The van der Waals surface area contributed by atoms with Crippen LogP contribution in [0.5, 0.6) is 11.5 Å². The zero-order valence-corrected chi connectivity index (χ0v) is 25.5. The minimum Gasteiger partial charge on any atom is -0.508 e. The Kier molecular flexibility index (Phi) is 9.34. The SMILES string of the molecule is CC1CCC(C(C)C)C(O[C@H]2OC(=O)C(Br)=C2N[C@H](C(=O)Oc2ccc(-c3ccc(O)cc3)cc2)c2ccccc2)C1. The molecule has 0 bridgehead atoms. The van der Waals surface area contributed by atoms with Crippen molar-refractivity contribution in [1.82, 2.24) is 5.32 Å². The first-order chi connectivity index (χ1) is 20.2. The number of phenols is 1. The molecule has 220 valence electrons. The van der Waals surface area contributed by atoms with Gasteiger partial charge in [-0.1, -0.05) is 81.8 Å². The van der Waals surface area contributed by atoms with E-state index < -0.39 is 24.3 Å². The predicted octanol–water partition coefficient (Wildman–Crippen LogP) is 7.26. The van der Waals surface area contributed by atoms with Gasteiger partial charge in [-0.25, -0.2) is 9.59 Å². The second-order valence-corrected chi connectivity index (χ2v) is 12.2. The summed E-state index contributed by atoms with van der Waals surface area (Å²) in [6.07, 6.45) is 2.05. The number of halogens is 1. The number of ether oxygens (including phenoxy) is 3. The molecule has 5 atom stereocenters. The van der Waals surface area contributed by atoms with Crippen molar-refractivity contribution >= 4 is 27.9 Å². The molecule has 0 radical (unpaired) electrons. The van der Waals surface area contributed by atoms with Crippen molar-refractivity contribution in [3.05, 3.63) is 94.6 Å². The van der Waals surface area contributed by atoms with Crippen LogP contribution in [0.4, 0.5) is 0 Å². The van der Waals surface area contributed by atoms with Gasteiger partial charge in [-0.2, -0.15) is 0 Å². The average Bonchev–Trinajstić information content (AvgIpc) is 3.24. The Bertz CT molecular complexity index is 1420. The number of rotatable bonds is 9. The summed E-state index contributed by atoms with van der Waals surface area (Å²) in [7, 11) is 0. The summed E-state index contributed by atoms with van der Waals surface area (Å²) in [5.74, 6) is 0.768. The third-order valence-corrected chi connectivity index (χ3v) is 8.82. The maximum absolute atomic E-state index is 13.6. The molecule has 3 aromatic carbocycles. The Balaban J connectivity index is 1.36. The highest BCUT2D eigenvalue weighted by Crippen LogP contribution is 2.38. The molecule has 3 aromatic rings. The first kappa shape index (κ1) is 29.9. The summed E-state index contributed by atoms with van der Waals surface area (Å²) in [6.45, 7) is 6.61.